The van der Waals surface area contributed by atoms with Gasteiger partial charge in [-0.25, -0.2) is 0 Å². The van der Waals surface area contributed by atoms with Crippen LogP contribution in [-0.4, -0.2) is 39.1 Å². The quantitative estimate of drug-likeness (QED) is 0.326. The van der Waals surface area contributed by atoms with Gasteiger partial charge in [-0.05, 0) is 61.1 Å². The van der Waals surface area contributed by atoms with Crippen molar-refractivity contribution in [2.45, 2.75) is 64.2 Å². The Hall–Kier alpha value is -3.02. The fourth-order valence-electron chi connectivity index (χ4n) is 3.69. The lowest BCUT2D eigenvalue weighted by molar-refractivity contribution is -0.121. The molecule has 2 N–H and O–H groups in total. The molecule has 6 nitrogen and oxygen atoms in total. The standard InChI is InChI=1S/C28H40N2O4/c1-33-25-15-9-23(10-16-25)13-19-27(31)29-21-7-5-3-4-6-8-22-30-28(32)20-14-24-11-17-26(34-2)18-12-24/h9-12,15-18H,3-8,13-14,19-22H2,1-2H3,(H,29,31)(H,30,32). The van der Waals surface area contributed by atoms with Crippen LogP contribution in [0.25, 0.3) is 0 Å². The minimum Gasteiger partial charge on any atom is -0.497 e. The van der Waals surface area contributed by atoms with Crippen LogP contribution < -0.4 is 20.1 Å². The Morgan fingerprint density at radius 1 is 0.588 bits per heavy atom. The van der Waals surface area contributed by atoms with Gasteiger partial charge in [0.1, 0.15) is 11.5 Å². The number of hydrogen-bond donors (Lipinski definition) is 2. The van der Waals surface area contributed by atoms with Crippen LogP contribution in [-0.2, 0) is 22.4 Å². The monoisotopic (exact) mass is 468 g/mol. The Morgan fingerprint density at radius 3 is 1.29 bits per heavy atom. The van der Waals surface area contributed by atoms with E-state index in [9.17, 15) is 9.59 Å². The number of amides is 2. The zero-order valence-electron chi connectivity index (χ0n) is 20.7. The van der Waals surface area contributed by atoms with Gasteiger partial charge in [-0.15, -0.1) is 0 Å². The van der Waals surface area contributed by atoms with Gasteiger partial charge < -0.3 is 20.1 Å². The molecule has 0 aliphatic heterocycles. The first kappa shape index (κ1) is 27.2. The summed E-state index contributed by atoms with van der Waals surface area (Å²) in [5.41, 5.74) is 2.29. The topological polar surface area (TPSA) is 76.7 Å². The highest BCUT2D eigenvalue weighted by atomic mass is 16.5. The van der Waals surface area contributed by atoms with Crippen molar-refractivity contribution in [2.24, 2.45) is 0 Å². The van der Waals surface area contributed by atoms with E-state index in [1.165, 1.54) is 0 Å². The maximum absolute atomic E-state index is 12.0. The molecule has 2 amide bonds. The van der Waals surface area contributed by atoms with Gasteiger partial charge in [0.05, 0.1) is 14.2 Å². The minimum absolute atomic E-state index is 0.110. The molecule has 0 saturated heterocycles. The molecule has 0 heterocycles. The minimum atomic E-state index is 0.110. The molecular weight excluding hydrogens is 428 g/mol. The Labute approximate surface area is 204 Å². The summed E-state index contributed by atoms with van der Waals surface area (Å²) >= 11 is 0. The molecule has 0 unspecified atom stereocenters. The number of hydrogen-bond acceptors (Lipinski definition) is 4. The van der Waals surface area contributed by atoms with E-state index in [1.54, 1.807) is 14.2 Å². The van der Waals surface area contributed by atoms with Gasteiger partial charge in [0, 0.05) is 25.9 Å². The molecule has 6 heteroatoms. The predicted octanol–water partition coefficient (Wildman–Crippen LogP) is 4.84. The van der Waals surface area contributed by atoms with Crippen LogP contribution in [0.3, 0.4) is 0 Å². The highest BCUT2D eigenvalue weighted by Gasteiger charge is 2.04. The summed E-state index contributed by atoms with van der Waals surface area (Å²) in [6, 6.07) is 15.7. The Balaban J connectivity index is 1.38. The molecule has 2 aromatic rings. The first-order chi connectivity index (χ1) is 16.6. The van der Waals surface area contributed by atoms with Gasteiger partial charge >= 0.3 is 0 Å². The highest BCUT2D eigenvalue weighted by molar-refractivity contribution is 5.76. The van der Waals surface area contributed by atoms with E-state index in [0.717, 1.165) is 87.1 Å². The molecule has 0 saturated carbocycles. The maximum Gasteiger partial charge on any atom is 0.220 e. The average molecular weight is 469 g/mol. The number of rotatable bonds is 17. The lowest BCUT2D eigenvalue weighted by Gasteiger charge is -2.07. The first-order valence-electron chi connectivity index (χ1n) is 12.4. The van der Waals surface area contributed by atoms with Gasteiger partial charge in [0.2, 0.25) is 11.8 Å². The summed E-state index contributed by atoms with van der Waals surface area (Å²) in [7, 11) is 3.30. The summed E-state index contributed by atoms with van der Waals surface area (Å²) in [4.78, 5) is 24.0. The molecule has 2 rings (SSSR count). The van der Waals surface area contributed by atoms with E-state index in [-0.39, 0.29) is 11.8 Å². The van der Waals surface area contributed by atoms with Crippen LogP contribution in [0.15, 0.2) is 48.5 Å². The van der Waals surface area contributed by atoms with Crippen molar-refractivity contribution in [3.05, 3.63) is 59.7 Å². The third kappa shape index (κ3) is 11.7. The van der Waals surface area contributed by atoms with Gasteiger partial charge in [0.25, 0.3) is 0 Å². The molecule has 0 spiro atoms. The SMILES string of the molecule is COc1ccc(CCC(=O)NCCCCCCCCNC(=O)CCc2ccc(OC)cc2)cc1. The van der Waals surface area contributed by atoms with Crippen molar-refractivity contribution >= 4 is 11.8 Å². The fraction of sp³-hybridized carbons (Fsp3) is 0.500. The number of carbonyl (C=O) groups is 2. The Morgan fingerprint density at radius 2 is 0.941 bits per heavy atom. The normalized spacial score (nSPS) is 10.5. The maximum atomic E-state index is 12.0. The van der Waals surface area contributed by atoms with E-state index in [2.05, 4.69) is 10.6 Å². The summed E-state index contributed by atoms with van der Waals surface area (Å²) in [6.07, 6.45) is 9.09. The zero-order valence-corrected chi connectivity index (χ0v) is 20.7. The summed E-state index contributed by atoms with van der Waals surface area (Å²) < 4.78 is 10.3. The van der Waals surface area contributed by atoms with Crippen LogP contribution in [0.2, 0.25) is 0 Å². The van der Waals surface area contributed by atoms with Crippen molar-refractivity contribution in [1.82, 2.24) is 10.6 Å². The molecule has 0 bridgehead atoms. The molecule has 0 aromatic heterocycles. The summed E-state index contributed by atoms with van der Waals surface area (Å²) in [5.74, 6) is 1.88. The highest BCUT2D eigenvalue weighted by Crippen LogP contribution is 2.13. The molecule has 0 aliphatic rings. The largest absolute Gasteiger partial charge is 0.497 e. The molecule has 2 aromatic carbocycles. The van der Waals surface area contributed by atoms with Crippen molar-refractivity contribution in [3.8, 4) is 11.5 Å². The van der Waals surface area contributed by atoms with Crippen LogP contribution in [0.5, 0.6) is 11.5 Å². The molecular formula is C28H40N2O4. The van der Waals surface area contributed by atoms with Crippen molar-refractivity contribution in [1.29, 1.82) is 0 Å². The second-order valence-electron chi connectivity index (χ2n) is 8.52. The van der Waals surface area contributed by atoms with Crippen LogP contribution in [0.4, 0.5) is 0 Å². The second-order valence-corrected chi connectivity index (χ2v) is 8.52. The van der Waals surface area contributed by atoms with Crippen molar-refractivity contribution in [2.75, 3.05) is 27.3 Å². The second kappa shape index (κ2) is 16.6. The number of methoxy groups -OCH3 is 2. The van der Waals surface area contributed by atoms with Crippen LogP contribution in [0.1, 0.15) is 62.5 Å². The number of ether oxygens (including phenoxy) is 2. The van der Waals surface area contributed by atoms with Crippen LogP contribution >= 0.6 is 0 Å². The van der Waals surface area contributed by atoms with E-state index in [1.807, 2.05) is 48.5 Å². The summed E-state index contributed by atoms with van der Waals surface area (Å²) in [5, 5.41) is 6.02. The lowest BCUT2D eigenvalue weighted by Crippen LogP contribution is -2.24. The molecule has 0 fully saturated rings. The number of nitrogens with one attached hydrogen (secondary N) is 2. The predicted molar refractivity (Wildman–Crippen MR) is 136 cm³/mol. The number of unbranched alkanes of at least 4 members (excludes halogenated alkanes) is 5. The Bertz CT molecular complexity index is 763. The molecule has 0 radical (unpaired) electrons. The smallest absolute Gasteiger partial charge is 0.220 e. The van der Waals surface area contributed by atoms with Gasteiger partial charge in [-0.2, -0.15) is 0 Å². The molecule has 186 valence electrons. The summed E-state index contributed by atoms with van der Waals surface area (Å²) in [6.45, 7) is 1.48. The van der Waals surface area contributed by atoms with E-state index >= 15 is 0 Å². The number of aryl methyl sites for hydroxylation is 2. The third-order valence-electron chi connectivity index (χ3n) is 5.85. The fourth-order valence-corrected chi connectivity index (χ4v) is 3.69. The van der Waals surface area contributed by atoms with E-state index in [4.69, 9.17) is 9.47 Å². The molecule has 34 heavy (non-hydrogen) atoms. The molecule has 0 atom stereocenters. The number of benzene rings is 2. The first-order valence-corrected chi connectivity index (χ1v) is 12.4. The average Bonchev–Trinajstić information content (AvgIpc) is 2.87. The number of carbonyl (C=O) groups excluding carboxylic acids is 2. The zero-order chi connectivity index (χ0) is 24.4. The van der Waals surface area contributed by atoms with E-state index in [0.29, 0.717) is 12.8 Å². The van der Waals surface area contributed by atoms with E-state index < -0.39 is 0 Å². The lowest BCUT2D eigenvalue weighted by atomic mass is 10.1. The third-order valence-corrected chi connectivity index (χ3v) is 5.85. The van der Waals surface area contributed by atoms with Gasteiger partial charge in [-0.3, -0.25) is 9.59 Å². The molecule has 0 aliphatic carbocycles. The van der Waals surface area contributed by atoms with Crippen LogP contribution in [0, 0.1) is 0 Å². The van der Waals surface area contributed by atoms with Crippen molar-refractivity contribution < 1.29 is 19.1 Å². The van der Waals surface area contributed by atoms with Gasteiger partial charge in [-0.1, -0.05) is 49.9 Å². The van der Waals surface area contributed by atoms with Crippen molar-refractivity contribution in [3.63, 3.8) is 0 Å². The van der Waals surface area contributed by atoms with Gasteiger partial charge in [0.15, 0.2) is 0 Å². The Kier molecular flexibility index (Phi) is 13.3.